The maximum absolute atomic E-state index is 10.2. The van der Waals surface area contributed by atoms with Crippen LogP contribution in [0.1, 0.15) is 12.5 Å². The Morgan fingerprint density at radius 1 is 1.41 bits per heavy atom. The van der Waals surface area contributed by atoms with Crippen molar-refractivity contribution < 1.29 is 70.8 Å². The molecule has 0 atom stereocenters. The molecule has 0 saturated carbocycles. The van der Waals surface area contributed by atoms with Crippen molar-refractivity contribution in [2.75, 3.05) is 13.7 Å². The molecule has 0 unspecified atom stereocenters. The summed E-state index contributed by atoms with van der Waals surface area (Å²) >= 11 is 0. The standard InChI is InChI=1S/C12H14O4.K/c1-3-16-10-6-4-9(5-7-12(13)14)8-11(10)15-2;/h4-8H,3H2,1-2H3,(H,13,14);/q;+1/p-1/b7-5+;. The van der Waals surface area contributed by atoms with Crippen LogP contribution in [0.3, 0.4) is 0 Å². The third-order valence-electron chi connectivity index (χ3n) is 1.90. The van der Waals surface area contributed by atoms with Gasteiger partial charge in [-0.1, -0.05) is 12.1 Å². The molecule has 0 aliphatic heterocycles. The summed E-state index contributed by atoms with van der Waals surface area (Å²) in [5.74, 6) is -0.0224. The van der Waals surface area contributed by atoms with Crippen LogP contribution in [0.5, 0.6) is 11.5 Å². The van der Waals surface area contributed by atoms with Gasteiger partial charge in [0.2, 0.25) is 0 Å². The molecule has 1 rings (SSSR count). The molecule has 86 valence electrons. The SMILES string of the molecule is CCOc1ccc(/C=C/C(=O)[O-])cc1OC.[K+]. The second kappa shape index (κ2) is 8.71. The molecule has 0 spiro atoms. The zero-order chi connectivity index (χ0) is 12.0. The van der Waals surface area contributed by atoms with Crippen LogP contribution in [-0.4, -0.2) is 19.7 Å². The average Bonchev–Trinajstić information content (AvgIpc) is 2.28. The normalized spacial score (nSPS) is 9.76. The van der Waals surface area contributed by atoms with Gasteiger partial charge in [-0.15, -0.1) is 0 Å². The van der Waals surface area contributed by atoms with Crippen molar-refractivity contribution >= 4 is 12.0 Å². The van der Waals surface area contributed by atoms with Crippen LogP contribution >= 0.6 is 0 Å². The number of carboxylic acid groups (broad SMARTS) is 1. The van der Waals surface area contributed by atoms with E-state index in [0.29, 0.717) is 23.7 Å². The van der Waals surface area contributed by atoms with E-state index in [2.05, 4.69) is 0 Å². The summed E-state index contributed by atoms with van der Waals surface area (Å²) in [4.78, 5) is 10.2. The van der Waals surface area contributed by atoms with Gasteiger partial charge < -0.3 is 19.4 Å². The molecule has 0 N–H and O–H groups in total. The van der Waals surface area contributed by atoms with Crippen LogP contribution in [0, 0.1) is 0 Å². The van der Waals surface area contributed by atoms with Gasteiger partial charge in [0, 0.05) is 0 Å². The van der Waals surface area contributed by atoms with E-state index in [4.69, 9.17) is 9.47 Å². The minimum Gasteiger partial charge on any atom is -0.545 e. The molecule has 0 saturated heterocycles. The topological polar surface area (TPSA) is 58.6 Å². The zero-order valence-electron chi connectivity index (χ0n) is 10.2. The smallest absolute Gasteiger partial charge is 0.545 e. The number of hydrogen-bond acceptors (Lipinski definition) is 4. The third-order valence-corrected chi connectivity index (χ3v) is 1.90. The zero-order valence-corrected chi connectivity index (χ0v) is 13.3. The predicted molar refractivity (Wildman–Crippen MR) is 58.2 cm³/mol. The first-order valence-corrected chi connectivity index (χ1v) is 4.87. The molecule has 0 amide bonds. The molecule has 17 heavy (non-hydrogen) atoms. The number of aliphatic carboxylic acids is 1. The summed E-state index contributed by atoms with van der Waals surface area (Å²) in [7, 11) is 1.53. The fourth-order valence-electron chi connectivity index (χ4n) is 1.23. The summed E-state index contributed by atoms with van der Waals surface area (Å²) in [6.07, 6.45) is 2.41. The Balaban J connectivity index is 0.00000256. The monoisotopic (exact) mass is 260 g/mol. The molecule has 0 heterocycles. The Hall–Kier alpha value is -0.334. The van der Waals surface area contributed by atoms with Crippen LogP contribution in [-0.2, 0) is 4.79 Å². The summed E-state index contributed by atoms with van der Waals surface area (Å²) in [5.41, 5.74) is 0.713. The number of carbonyl (C=O) groups is 1. The number of ether oxygens (including phenoxy) is 2. The molecule has 5 heteroatoms. The van der Waals surface area contributed by atoms with E-state index in [1.165, 1.54) is 13.2 Å². The van der Waals surface area contributed by atoms with E-state index in [9.17, 15) is 9.90 Å². The van der Waals surface area contributed by atoms with Crippen molar-refractivity contribution in [2.45, 2.75) is 6.92 Å². The summed E-state index contributed by atoms with van der Waals surface area (Å²) < 4.78 is 10.5. The first-order valence-electron chi connectivity index (χ1n) is 4.87. The number of rotatable bonds is 5. The molecule has 0 fully saturated rings. The van der Waals surface area contributed by atoms with Crippen LogP contribution in [0.15, 0.2) is 24.3 Å². The fourth-order valence-corrected chi connectivity index (χ4v) is 1.23. The summed E-state index contributed by atoms with van der Waals surface area (Å²) in [5, 5.41) is 10.2. The van der Waals surface area contributed by atoms with Crippen molar-refractivity contribution in [1.29, 1.82) is 0 Å². The second-order valence-electron chi connectivity index (χ2n) is 3.00. The molecular weight excluding hydrogens is 247 g/mol. The summed E-state index contributed by atoms with van der Waals surface area (Å²) in [6, 6.07) is 5.18. The number of carbonyl (C=O) groups excluding carboxylic acids is 1. The van der Waals surface area contributed by atoms with Gasteiger partial charge in [0.25, 0.3) is 0 Å². The quantitative estimate of drug-likeness (QED) is 0.448. The van der Waals surface area contributed by atoms with E-state index in [1.807, 2.05) is 6.92 Å². The van der Waals surface area contributed by atoms with Gasteiger partial charge >= 0.3 is 51.4 Å². The molecule has 1 aromatic carbocycles. The van der Waals surface area contributed by atoms with Crippen LogP contribution < -0.4 is 66.0 Å². The number of benzene rings is 1. The Morgan fingerprint density at radius 2 is 2.12 bits per heavy atom. The Kier molecular flexibility index (Phi) is 8.54. The Morgan fingerprint density at radius 3 is 2.65 bits per heavy atom. The van der Waals surface area contributed by atoms with E-state index in [0.717, 1.165) is 6.08 Å². The van der Waals surface area contributed by atoms with Gasteiger partial charge in [-0.25, -0.2) is 0 Å². The molecule has 0 aromatic heterocycles. The molecule has 0 bridgehead atoms. The minimum absolute atomic E-state index is 0. The van der Waals surface area contributed by atoms with E-state index >= 15 is 0 Å². The molecular formula is C12H13KO4. The van der Waals surface area contributed by atoms with Gasteiger partial charge in [-0.2, -0.15) is 0 Å². The molecule has 1 aromatic rings. The average molecular weight is 260 g/mol. The first kappa shape index (κ1) is 16.7. The maximum atomic E-state index is 10.2. The van der Waals surface area contributed by atoms with Crippen molar-refractivity contribution in [3.63, 3.8) is 0 Å². The summed E-state index contributed by atoms with van der Waals surface area (Å²) in [6.45, 7) is 2.42. The largest absolute Gasteiger partial charge is 1.00 e. The fraction of sp³-hybridized carbons (Fsp3) is 0.250. The van der Waals surface area contributed by atoms with Gasteiger partial charge in [0.1, 0.15) is 0 Å². The van der Waals surface area contributed by atoms with E-state index < -0.39 is 5.97 Å². The van der Waals surface area contributed by atoms with Crippen molar-refractivity contribution in [1.82, 2.24) is 0 Å². The minimum atomic E-state index is -1.23. The van der Waals surface area contributed by atoms with Gasteiger partial charge in [0.05, 0.1) is 19.7 Å². The third kappa shape index (κ3) is 5.70. The van der Waals surface area contributed by atoms with Crippen molar-refractivity contribution in [2.24, 2.45) is 0 Å². The van der Waals surface area contributed by atoms with Gasteiger partial charge in [-0.3, -0.25) is 0 Å². The van der Waals surface area contributed by atoms with Crippen molar-refractivity contribution in [3.05, 3.63) is 29.8 Å². The Labute approximate surface area is 143 Å². The number of methoxy groups -OCH3 is 1. The number of carboxylic acids is 1. The Bertz CT molecular complexity index is 401. The van der Waals surface area contributed by atoms with Crippen LogP contribution in [0.2, 0.25) is 0 Å². The maximum Gasteiger partial charge on any atom is 1.00 e. The van der Waals surface area contributed by atoms with Crippen LogP contribution in [0.25, 0.3) is 6.08 Å². The van der Waals surface area contributed by atoms with Gasteiger partial charge in [0.15, 0.2) is 11.5 Å². The van der Waals surface area contributed by atoms with Crippen molar-refractivity contribution in [3.8, 4) is 11.5 Å². The van der Waals surface area contributed by atoms with E-state index in [1.54, 1.807) is 18.2 Å². The second-order valence-corrected chi connectivity index (χ2v) is 3.00. The molecule has 0 aliphatic rings. The first-order chi connectivity index (χ1) is 7.67. The molecule has 4 nitrogen and oxygen atoms in total. The van der Waals surface area contributed by atoms with E-state index in [-0.39, 0.29) is 51.4 Å². The molecule has 0 radical (unpaired) electrons. The van der Waals surface area contributed by atoms with Gasteiger partial charge in [-0.05, 0) is 30.7 Å². The van der Waals surface area contributed by atoms with Crippen LogP contribution in [0.4, 0.5) is 0 Å². The predicted octanol–water partition coefficient (Wildman–Crippen LogP) is -2.14. The number of hydrogen-bond donors (Lipinski definition) is 0. The molecule has 0 aliphatic carbocycles.